The number of fused-ring (bicyclic) bond motifs is 1. The van der Waals surface area contributed by atoms with Crippen LogP contribution in [0.15, 0.2) is 40.9 Å². The number of rotatable bonds is 4. The number of phenolic OH excluding ortho intramolecular Hbond substituents is 1. The van der Waals surface area contributed by atoms with Gasteiger partial charge in [-0.1, -0.05) is 16.8 Å². The van der Waals surface area contributed by atoms with Crippen LogP contribution >= 0.6 is 0 Å². The number of aromatic hydroxyl groups is 1. The molecule has 0 radical (unpaired) electrons. The maximum absolute atomic E-state index is 12.2. The van der Waals surface area contributed by atoms with Crippen LogP contribution in [0.4, 0.5) is 5.69 Å². The van der Waals surface area contributed by atoms with Gasteiger partial charge in [0.2, 0.25) is 5.91 Å². The summed E-state index contributed by atoms with van der Waals surface area (Å²) in [7, 11) is 1.25. The van der Waals surface area contributed by atoms with Gasteiger partial charge < -0.3 is 19.7 Å². The van der Waals surface area contributed by atoms with Crippen molar-refractivity contribution >= 4 is 28.5 Å². The van der Waals surface area contributed by atoms with Crippen molar-refractivity contribution in [2.75, 3.05) is 12.4 Å². The van der Waals surface area contributed by atoms with Crippen LogP contribution in [-0.4, -0.2) is 29.2 Å². The van der Waals surface area contributed by atoms with Gasteiger partial charge in [-0.05, 0) is 37.3 Å². The summed E-state index contributed by atoms with van der Waals surface area (Å²) in [5, 5.41) is 17.3. The zero-order chi connectivity index (χ0) is 18.0. The van der Waals surface area contributed by atoms with E-state index >= 15 is 0 Å². The number of ether oxygens (including phenoxy) is 1. The quantitative estimate of drug-likeness (QED) is 0.559. The summed E-state index contributed by atoms with van der Waals surface area (Å²) in [6.45, 7) is 1.94. The lowest BCUT2D eigenvalue weighted by Gasteiger charge is -2.08. The molecule has 0 aliphatic rings. The number of methoxy groups -OCH3 is 1. The third-order valence-electron chi connectivity index (χ3n) is 3.72. The topological polar surface area (TPSA) is 102 Å². The van der Waals surface area contributed by atoms with Crippen LogP contribution in [0.2, 0.25) is 0 Å². The predicted molar refractivity (Wildman–Crippen MR) is 90.5 cm³/mol. The van der Waals surface area contributed by atoms with E-state index in [9.17, 15) is 14.7 Å². The van der Waals surface area contributed by atoms with E-state index in [0.717, 1.165) is 10.9 Å². The smallest absolute Gasteiger partial charge is 0.337 e. The molecule has 1 heterocycles. The second-order valence-electron chi connectivity index (χ2n) is 5.58. The molecule has 1 aromatic heterocycles. The Bertz CT molecular complexity index is 961. The molecule has 0 saturated carbocycles. The van der Waals surface area contributed by atoms with E-state index < -0.39 is 5.97 Å². The lowest BCUT2D eigenvalue weighted by molar-refractivity contribution is -0.115. The Hall–Kier alpha value is -3.35. The average Bonchev–Trinajstić information content (AvgIpc) is 2.98. The Kier molecular flexibility index (Phi) is 4.38. The van der Waals surface area contributed by atoms with Crippen LogP contribution in [0.1, 0.15) is 21.6 Å². The van der Waals surface area contributed by atoms with E-state index in [1.54, 1.807) is 6.07 Å². The molecule has 0 spiro atoms. The van der Waals surface area contributed by atoms with Crippen LogP contribution < -0.4 is 5.32 Å². The van der Waals surface area contributed by atoms with Gasteiger partial charge in [0.15, 0.2) is 5.58 Å². The van der Waals surface area contributed by atoms with Crippen molar-refractivity contribution in [3.05, 3.63) is 53.2 Å². The summed E-state index contributed by atoms with van der Waals surface area (Å²) < 4.78 is 9.78. The van der Waals surface area contributed by atoms with Crippen LogP contribution in [0.5, 0.6) is 5.75 Å². The van der Waals surface area contributed by atoms with Crippen molar-refractivity contribution in [2.45, 2.75) is 13.3 Å². The fraction of sp³-hybridized carbons (Fsp3) is 0.167. The Morgan fingerprint density at radius 2 is 2.04 bits per heavy atom. The highest BCUT2D eigenvalue weighted by atomic mass is 16.5. The largest absolute Gasteiger partial charge is 0.506 e. The minimum atomic E-state index is -0.572. The highest BCUT2D eigenvalue weighted by molar-refractivity contribution is 5.97. The number of hydrogen-bond donors (Lipinski definition) is 2. The summed E-state index contributed by atoms with van der Waals surface area (Å²) in [4.78, 5) is 23.7. The van der Waals surface area contributed by atoms with E-state index in [-0.39, 0.29) is 29.3 Å². The Morgan fingerprint density at radius 1 is 1.24 bits per heavy atom. The molecule has 3 aromatic rings. The van der Waals surface area contributed by atoms with E-state index in [4.69, 9.17) is 4.52 Å². The SMILES string of the molecule is COC(=O)c1ccc(NC(=O)Cc2noc3ccc(C)cc23)c(O)c1. The molecule has 1 amide bonds. The molecule has 3 rings (SSSR count). The van der Waals surface area contributed by atoms with Gasteiger partial charge >= 0.3 is 5.97 Å². The maximum atomic E-state index is 12.2. The first-order valence-electron chi connectivity index (χ1n) is 7.54. The number of benzene rings is 2. The van der Waals surface area contributed by atoms with E-state index in [1.807, 2.05) is 19.1 Å². The molecule has 0 aliphatic heterocycles. The normalized spacial score (nSPS) is 10.6. The lowest BCUT2D eigenvalue weighted by Crippen LogP contribution is -2.15. The monoisotopic (exact) mass is 340 g/mol. The first-order valence-corrected chi connectivity index (χ1v) is 7.54. The summed E-state index contributed by atoms with van der Waals surface area (Å²) in [6.07, 6.45) is -0.00531. The van der Waals surface area contributed by atoms with E-state index in [2.05, 4.69) is 15.2 Å². The number of aromatic nitrogens is 1. The number of carbonyl (C=O) groups excluding carboxylic acids is 2. The van der Waals surface area contributed by atoms with Gasteiger partial charge in [-0.2, -0.15) is 0 Å². The third-order valence-corrected chi connectivity index (χ3v) is 3.72. The molecule has 7 nitrogen and oxygen atoms in total. The minimum absolute atomic E-state index is 0.00531. The number of aryl methyl sites for hydroxylation is 1. The molecular formula is C18H16N2O5. The molecule has 7 heteroatoms. The fourth-order valence-electron chi connectivity index (χ4n) is 2.46. The number of phenols is 1. The lowest BCUT2D eigenvalue weighted by atomic mass is 10.1. The second kappa shape index (κ2) is 6.64. The highest BCUT2D eigenvalue weighted by Crippen LogP contribution is 2.25. The van der Waals surface area contributed by atoms with Gasteiger partial charge in [0.1, 0.15) is 11.4 Å². The van der Waals surface area contributed by atoms with Gasteiger partial charge in [0.05, 0.1) is 24.8 Å². The van der Waals surface area contributed by atoms with E-state index in [1.165, 1.54) is 25.3 Å². The number of esters is 1. The molecule has 128 valence electrons. The van der Waals surface area contributed by atoms with Crippen molar-refractivity contribution in [3.63, 3.8) is 0 Å². The number of anilines is 1. The van der Waals surface area contributed by atoms with Gasteiger partial charge in [-0.3, -0.25) is 4.79 Å². The maximum Gasteiger partial charge on any atom is 0.337 e. The van der Waals surface area contributed by atoms with Crippen molar-refractivity contribution in [1.29, 1.82) is 0 Å². The van der Waals surface area contributed by atoms with Gasteiger partial charge in [-0.15, -0.1) is 0 Å². The van der Waals surface area contributed by atoms with Gasteiger partial charge in [0, 0.05) is 5.39 Å². The number of nitrogens with one attached hydrogen (secondary N) is 1. The molecule has 0 fully saturated rings. The zero-order valence-electron chi connectivity index (χ0n) is 13.7. The predicted octanol–water partition coefficient (Wildman–Crippen LogP) is 2.81. The molecule has 0 saturated heterocycles. The van der Waals surface area contributed by atoms with Gasteiger partial charge in [-0.25, -0.2) is 4.79 Å². The number of nitrogens with zero attached hydrogens (tertiary/aromatic N) is 1. The minimum Gasteiger partial charge on any atom is -0.506 e. The molecule has 0 aliphatic carbocycles. The molecule has 0 bridgehead atoms. The summed E-state index contributed by atoms with van der Waals surface area (Å²) in [5.41, 5.74) is 2.55. The molecule has 25 heavy (non-hydrogen) atoms. The molecular weight excluding hydrogens is 324 g/mol. The van der Waals surface area contributed by atoms with Crippen molar-refractivity contribution in [1.82, 2.24) is 5.16 Å². The van der Waals surface area contributed by atoms with Crippen LogP contribution in [0.25, 0.3) is 11.0 Å². The molecule has 2 N–H and O–H groups in total. The average molecular weight is 340 g/mol. The number of amides is 1. The first-order chi connectivity index (χ1) is 12.0. The summed E-state index contributed by atoms with van der Waals surface area (Å²) in [5.74, 6) is -1.16. The Labute approximate surface area is 143 Å². The summed E-state index contributed by atoms with van der Waals surface area (Å²) >= 11 is 0. The molecule has 2 aromatic carbocycles. The van der Waals surface area contributed by atoms with Crippen LogP contribution in [-0.2, 0) is 16.0 Å². The van der Waals surface area contributed by atoms with Gasteiger partial charge in [0.25, 0.3) is 0 Å². The summed E-state index contributed by atoms with van der Waals surface area (Å²) in [6, 6.07) is 9.72. The number of carbonyl (C=O) groups is 2. The van der Waals surface area contributed by atoms with Crippen LogP contribution in [0.3, 0.4) is 0 Å². The second-order valence-corrected chi connectivity index (χ2v) is 5.58. The first kappa shape index (κ1) is 16.5. The van der Waals surface area contributed by atoms with E-state index in [0.29, 0.717) is 11.3 Å². The number of hydrogen-bond acceptors (Lipinski definition) is 6. The highest BCUT2D eigenvalue weighted by Gasteiger charge is 2.15. The fourth-order valence-corrected chi connectivity index (χ4v) is 2.46. The van der Waals surface area contributed by atoms with Crippen molar-refractivity contribution in [2.24, 2.45) is 0 Å². The third kappa shape index (κ3) is 3.45. The van der Waals surface area contributed by atoms with Crippen molar-refractivity contribution < 1.29 is 24.0 Å². The van der Waals surface area contributed by atoms with Crippen LogP contribution in [0, 0.1) is 6.92 Å². The van der Waals surface area contributed by atoms with Crippen molar-refractivity contribution in [3.8, 4) is 5.75 Å². The standard InChI is InChI=1S/C18H16N2O5/c1-10-3-6-16-12(7-10)14(20-25-16)9-17(22)19-13-5-4-11(8-15(13)21)18(23)24-2/h3-8,21H,9H2,1-2H3,(H,19,22). The Morgan fingerprint density at radius 3 is 2.76 bits per heavy atom. The zero-order valence-corrected chi connectivity index (χ0v) is 13.7. The Balaban J connectivity index is 1.76. The molecule has 0 atom stereocenters. The molecule has 0 unspecified atom stereocenters.